The second kappa shape index (κ2) is 11.2. The van der Waals surface area contributed by atoms with Gasteiger partial charge in [-0.3, -0.25) is 19.2 Å². The van der Waals surface area contributed by atoms with Crippen molar-refractivity contribution in [2.75, 3.05) is 5.32 Å². The van der Waals surface area contributed by atoms with Crippen LogP contribution in [0.15, 0.2) is 24.3 Å². The van der Waals surface area contributed by atoms with Gasteiger partial charge in [0.15, 0.2) is 0 Å². The van der Waals surface area contributed by atoms with E-state index in [4.69, 9.17) is 0 Å². The summed E-state index contributed by atoms with van der Waals surface area (Å²) in [7, 11) is 0. The SMILES string of the molecule is CCC(C)(C)NC(=O)C1CC(C(=O)O)C(C(=O)Nc2ccc(C(C)(CC)CC)cc2)C1CC(=O)O. The highest BCUT2D eigenvalue weighted by molar-refractivity contribution is 5.97. The molecule has 1 saturated carbocycles. The molecule has 0 spiro atoms. The smallest absolute Gasteiger partial charge is 0.307 e. The highest BCUT2D eigenvalue weighted by Crippen LogP contribution is 2.45. The lowest BCUT2D eigenvalue weighted by atomic mass is 9.78. The predicted molar refractivity (Wildman–Crippen MR) is 134 cm³/mol. The molecule has 4 unspecified atom stereocenters. The first-order chi connectivity index (χ1) is 16.3. The fourth-order valence-electron chi connectivity index (χ4n) is 4.90. The van der Waals surface area contributed by atoms with Crippen molar-refractivity contribution in [3.63, 3.8) is 0 Å². The molecule has 0 aromatic heterocycles. The van der Waals surface area contributed by atoms with Gasteiger partial charge in [-0.05, 0) is 68.6 Å². The predicted octanol–water partition coefficient (Wildman–Crippen LogP) is 4.44. The average molecular weight is 489 g/mol. The molecule has 194 valence electrons. The van der Waals surface area contributed by atoms with Gasteiger partial charge in [0.2, 0.25) is 11.8 Å². The van der Waals surface area contributed by atoms with Crippen molar-refractivity contribution in [1.82, 2.24) is 5.32 Å². The van der Waals surface area contributed by atoms with Gasteiger partial charge >= 0.3 is 11.9 Å². The molecule has 1 aromatic carbocycles. The van der Waals surface area contributed by atoms with Gasteiger partial charge in [0, 0.05) is 23.6 Å². The summed E-state index contributed by atoms with van der Waals surface area (Å²) < 4.78 is 0. The van der Waals surface area contributed by atoms with E-state index in [1.54, 1.807) is 12.1 Å². The summed E-state index contributed by atoms with van der Waals surface area (Å²) >= 11 is 0. The van der Waals surface area contributed by atoms with Gasteiger partial charge in [0.1, 0.15) is 0 Å². The Morgan fingerprint density at radius 1 is 0.886 bits per heavy atom. The minimum atomic E-state index is -1.21. The molecule has 1 aromatic rings. The Morgan fingerprint density at radius 2 is 1.46 bits per heavy atom. The molecule has 2 rings (SSSR count). The standard InChI is InChI=1S/C27H40N2O6/c1-7-26(4,5)29-23(32)19-14-20(25(34)35)22(18(19)15-21(30)31)24(33)28-17-12-10-16(11-13-17)27(6,8-2)9-3/h10-13,18-20,22H,7-9,14-15H2,1-6H3,(H,28,33)(H,29,32)(H,30,31)(H,34,35). The summed E-state index contributed by atoms with van der Waals surface area (Å²) in [4.78, 5) is 50.1. The number of carbonyl (C=O) groups excluding carboxylic acids is 2. The average Bonchev–Trinajstić information content (AvgIpc) is 3.18. The molecule has 1 fully saturated rings. The third-order valence-electron chi connectivity index (χ3n) is 8.04. The van der Waals surface area contributed by atoms with E-state index in [0.717, 1.165) is 18.4 Å². The lowest BCUT2D eigenvalue weighted by Crippen LogP contribution is -2.47. The first kappa shape index (κ1) is 28.3. The Morgan fingerprint density at radius 3 is 1.91 bits per heavy atom. The molecule has 4 atom stereocenters. The second-order valence-corrected chi connectivity index (χ2v) is 10.6. The van der Waals surface area contributed by atoms with Crippen molar-refractivity contribution < 1.29 is 29.4 Å². The molecule has 8 nitrogen and oxygen atoms in total. The highest BCUT2D eigenvalue weighted by atomic mass is 16.4. The minimum Gasteiger partial charge on any atom is -0.481 e. The third-order valence-corrected chi connectivity index (χ3v) is 8.04. The van der Waals surface area contributed by atoms with E-state index in [0.29, 0.717) is 12.1 Å². The number of hydrogen-bond acceptors (Lipinski definition) is 4. The molecule has 2 amide bonds. The highest BCUT2D eigenvalue weighted by Gasteiger charge is 2.53. The molecule has 1 aliphatic carbocycles. The molecule has 35 heavy (non-hydrogen) atoms. The zero-order valence-corrected chi connectivity index (χ0v) is 21.7. The molecule has 8 heteroatoms. The summed E-state index contributed by atoms with van der Waals surface area (Å²) in [6, 6.07) is 7.46. The van der Waals surface area contributed by atoms with Crippen LogP contribution < -0.4 is 10.6 Å². The van der Waals surface area contributed by atoms with E-state index in [1.807, 2.05) is 32.9 Å². The van der Waals surface area contributed by atoms with Crippen LogP contribution in [-0.2, 0) is 24.6 Å². The maximum absolute atomic E-state index is 13.3. The number of rotatable bonds is 11. The zero-order valence-electron chi connectivity index (χ0n) is 21.7. The first-order valence-electron chi connectivity index (χ1n) is 12.5. The van der Waals surface area contributed by atoms with Crippen LogP contribution >= 0.6 is 0 Å². The van der Waals surface area contributed by atoms with Crippen molar-refractivity contribution in [3.8, 4) is 0 Å². The maximum atomic E-state index is 13.3. The number of amides is 2. The fraction of sp³-hybridized carbons (Fsp3) is 0.630. The molecule has 0 bridgehead atoms. The van der Waals surface area contributed by atoms with Gasteiger partial charge in [-0.1, -0.05) is 39.8 Å². The summed E-state index contributed by atoms with van der Waals surface area (Å²) in [5, 5.41) is 25.0. The van der Waals surface area contributed by atoms with E-state index in [1.165, 1.54) is 0 Å². The molecule has 0 radical (unpaired) electrons. The van der Waals surface area contributed by atoms with Gasteiger partial charge < -0.3 is 20.8 Å². The molecular weight excluding hydrogens is 448 g/mol. The van der Waals surface area contributed by atoms with Crippen molar-refractivity contribution in [1.29, 1.82) is 0 Å². The van der Waals surface area contributed by atoms with Crippen LogP contribution in [0, 0.1) is 23.7 Å². The molecule has 0 aliphatic heterocycles. The number of carboxylic acids is 2. The summed E-state index contributed by atoms with van der Waals surface area (Å²) in [5.41, 5.74) is 1.13. The van der Waals surface area contributed by atoms with Gasteiger partial charge in [-0.15, -0.1) is 0 Å². The number of carboxylic acid groups (broad SMARTS) is 2. The summed E-state index contributed by atoms with van der Waals surface area (Å²) in [6.45, 7) is 12.0. The van der Waals surface area contributed by atoms with Gasteiger partial charge in [0.05, 0.1) is 11.8 Å². The van der Waals surface area contributed by atoms with E-state index in [-0.39, 0.29) is 11.8 Å². The summed E-state index contributed by atoms with van der Waals surface area (Å²) in [5.74, 6) is -7.46. The third kappa shape index (κ3) is 6.61. The Hall–Kier alpha value is -2.90. The van der Waals surface area contributed by atoms with E-state index in [2.05, 4.69) is 31.4 Å². The van der Waals surface area contributed by atoms with Crippen molar-refractivity contribution in [2.45, 2.75) is 84.6 Å². The van der Waals surface area contributed by atoms with E-state index in [9.17, 15) is 29.4 Å². The Balaban J connectivity index is 2.33. The van der Waals surface area contributed by atoms with Crippen molar-refractivity contribution in [3.05, 3.63) is 29.8 Å². The van der Waals surface area contributed by atoms with Crippen LogP contribution in [0.2, 0.25) is 0 Å². The van der Waals surface area contributed by atoms with Gasteiger partial charge in [-0.2, -0.15) is 0 Å². The zero-order chi connectivity index (χ0) is 26.6. The fourth-order valence-corrected chi connectivity index (χ4v) is 4.90. The number of nitrogens with one attached hydrogen (secondary N) is 2. The largest absolute Gasteiger partial charge is 0.481 e. The van der Waals surface area contributed by atoms with Crippen molar-refractivity contribution >= 4 is 29.4 Å². The maximum Gasteiger partial charge on any atom is 0.307 e. The molecule has 4 N–H and O–H groups in total. The Kier molecular flexibility index (Phi) is 9.09. The second-order valence-electron chi connectivity index (χ2n) is 10.6. The Labute approximate surface area is 207 Å². The van der Waals surface area contributed by atoms with Crippen LogP contribution in [-0.4, -0.2) is 39.5 Å². The molecular formula is C27H40N2O6. The lowest BCUT2D eigenvalue weighted by molar-refractivity contribution is -0.147. The number of aliphatic carboxylic acids is 2. The monoisotopic (exact) mass is 488 g/mol. The quantitative estimate of drug-likeness (QED) is 0.364. The number of carbonyl (C=O) groups is 4. The van der Waals surface area contributed by atoms with Crippen LogP contribution in [0.4, 0.5) is 5.69 Å². The van der Waals surface area contributed by atoms with Crippen LogP contribution in [0.25, 0.3) is 0 Å². The lowest BCUT2D eigenvalue weighted by Gasteiger charge is -2.29. The number of anilines is 1. The normalized spacial score (nSPS) is 22.5. The van der Waals surface area contributed by atoms with Crippen LogP contribution in [0.3, 0.4) is 0 Å². The molecule has 0 saturated heterocycles. The van der Waals surface area contributed by atoms with E-state index >= 15 is 0 Å². The van der Waals surface area contributed by atoms with Crippen LogP contribution in [0.5, 0.6) is 0 Å². The first-order valence-corrected chi connectivity index (χ1v) is 12.5. The Bertz CT molecular complexity index is 935. The summed E-state index contributed by atoms with van der Waals surface area (Å²) in [6.07, 6.45) is 2.03. The van der Waals surface area contributed by atoms with Gasteiger partial charge in [0.25, 0.3) is 0 Å². The van der Waals surface area contributed by atoms with Gasteiger partial charge in [-0.25, -0.2) is 0 Å². The minimum absolute atomic E-state index is 0.0157. The number of hydrogen-bond donors (Lipinski definition) is 4. The van der Waals surface area contributed by atoms with Crippen molar-refractivity contribution in [2.24, 2.45) is 23.7 Å². The molecule has 1 aliphatic rings. The molecule has 0 heterocycles. The van der Waals surface area contributed by atoms with E-state index < -0.39 is 59.4 Å². The topological polar surface area (TPSA) is 133 Å². The van der Waals surface area contributed by atoms with Crippen LogP contribution in [0.1, 0.15) is 79.2 Å². The number of benzene rings is 1.